The molecule has 1 aromatic carbocycles. The minimum atomic E-state index is 0.301. The van der Waals surface area contributed by atoms with Crippen molar-refractivity contribution in [2.24, 2.45) is 0 Å². The second kappa shape index (κ2) is 7.29. The largest absolute Gasteiger partial charge is 0.339 e. The van der Waals surface area contributed by atoms with Crippen molar-refractivity contribution < 1.29 is 4.79 Å². The molecule has 0 aliphatic carbocycles. The summed E-state index contributed by atoms with van der Waals surface area (Å²) in [6.45, 7) is 1.70. The first kappa shape index (κ1) is 14.1. The molecule has 1 aliphatic heterocycles. The van der Waals surface area contributed by atoms with Crippen molar-refractivity contribution in [3.63, 3.8) is 0 Å². The van der Waals surface area contributed by atoms with Gasteiger partial charge in [-0.1, -0.05) is 30.3 Å². The van der Waals surface area contributed by atoms with Gasteiger partial charge in [-0.15, -0.1) is 0 Å². The second-order valence-electron chi connectivity index (χ2n) is 5.28. The summed E-state index contributed by atoms with van der Waals surface area (Å²) >= 11 is 0. The fourth-order valence-electron chi connectivity index (χ4n) is 2.80. The predicted molar refractivity (Wildman–Crippen MR) is 78.0 cm³/mol. The summed E-state index contributed by atoms with van der Waals surface area (Å²) in [5.41, 5.74) is 1.33. The van der Waals surface area contributed by atoms with Crippen LogP contribution < -0.4 is 5.32 Å². The Bertz CT molecular complexity index is 391. The SMILES string of the molecule is CNCCC(=O)N1CCCCC1Cc1ccccc1. The first-order chi connectivity index (χ1) is 9.31. The van der Waals surface area contributed by atoms with Crippen LogP contribution in [-0.2, 0) is 11.2 Å². The van der Waals surface area contributed by atoms with Crippen molar-refractivity contribution in [3.05, 3.63) is 35.9 Å². The van der Waals surface area contributed by atoms with Gasteiger partial charge in [-0.2, -0.15) is 0 Å². The Morgan fingerprint density at radius 1 is 1.32 bits per heavy atom. The molecule has 1 unspecified atom stereocenters. The molecule has 0 bridgehead atoms. The molecule has 0 spiro atoms. The van der Waals surface area contributed by atoms with Crippen LogP contribution in [0, 0.1) is 0 Å². The molecule has 1 N–H and O–H groups in total. The lowest BCUT2D eigenvalue weighted by atomic mass is 9.95. The van der Waals surface area contributed by atoms with Gasteiger partial charge < -0.3 is 10.2 Å². The summed E-state index contributed by atoms with van der Waals surface area (Å²) < 4.78 is 0. The van der Waals surface area contributed by atoms with Gasteiger partial charge in [0.1, 0.15) is 0 Å². The van der Waals surface area contributed by atoms with Crippen LogP contribution in [0.15, 0.2) is 30.3 Å². The molecule has 0 radical (unpaired) electrons. The van der Waals surface area contributed by atoms with Crippen LogP contribution in [0.4, 0.5) is 0 Å². The van der Waals surface area contributed by atoms with E-state index in [-0.39, 0.29) is 0 Å². The van der Waals surface area contributed by atoms with Gasteiger partial charge >= 0.3 is 0 Å². The van der Waals surface area contributed by atoms with Crippen molar-refractivity contribution in [1.29, 1.82) is 0 Å². The highest BCUT2D eigenvalue weighted by Crippen LogP contribution is 2.21. The summed E-state index contributed by atoms with van der Waals surface area (Å²) in [4.78, 5) is 14.3. The van der Waals surface area contributed by atoms with E-state index in [0.717, 1.165) is 32.4 Å². The summed E-state index contributed by atoms with van der Waals surface area (Å²) in [5, 5.41) is 3.05. The average Bonchev–Trinajstić information content (AvgIpc) is 2.46. The smallest absolute Gasteiger partial charge is 0.224 e. The highest BCUT2D eigenvalue weighted by atomic mass is 16.2. The predicted octanol–water partition coefficient (Wildman–Crippen LogP) is 2.22. The van der Waals surface area contributed by atoms with E-state index in [0.29, 0.717) is 18.4 Å². The second-order valence-corrected chi connectivity index (χ2v) is 5.28. The Morgan fingerprint density at radius 3 is 2.84 bits per heavy atom. The normalized spacial score (nSPS) is 19.4. The van der Waals surface area contributed by atoms with Gasteiger partial charge in [0.2, 0.25) is 5.91 Å². The molecule has 1 atom stereocenters. The minimum absolute atomic E-state index is 0.301. The molecule has 1 saturated heterocycles. The number of hydrogen-bond donors (Lipinski definition) is 1. The molecule has 0 aromatic heterocycles. The molecule has 1 amide bonds. The monoisotopic (exact) mass is 260 g/mol. The zero-order valence-corrected chi connectivity index (χ0v) is 11.8. The van der Waals surface area contributed by atoms with Crippen molar-refractivity contribution in [1.82, 2.24) is 10.2 Å². The number of likely N-dealkylation sites (tertiary alicyclic amines) is 1. The quantitative estimate of drug-likeness (QED) is 0.880. The van der Waals surface area contributed by atoms with Crippen molar-refractivity contribution in [3.8, 4) is 0 Å². The molecule has 1 aliphatic rings. The standard InChI is InChI=1S/C16H24N2O/c1-17-11-10-16(19)18-12-6-5-9-15(18)13-14-7-3-2-4-8-14/h2-4,7-8,15,17H,5-6,9-13H2,1H3. The lowest BCUT2D eigenvalue weighted by Crippen LogP contribution is -2.45. The van der Waals surface area contributed by atoms with Gasteiger partial charge in [-0.25, -0.2) is 0 Å². The molecule has 3 nitrogen and oxygen atoms in total. The lowest BCUT2D eigenvalue weighted by molar-refractivity contribution is -0.134. The van der Waals surface area contributed by atoms with Crippen LogP contribution in [0.5, 0.6) is 0 Å². The zero-order chi connectivity index (χ0) is 13.5. The minimum Gasteiger partial charge on any atom is -0.339 e. The van der Waals surface area contributed by atoms with Crippen LogP contribution in [-0.4, -0.2) is 37.0 Å². The van der Waals surface area contributed by atoms with Crippen LogP contribution >= 0.6 is 0 Å². The molecule has 2 rings (SSSR count). The molecule has 1 heterocycles. The highest BCUT2D eigenvalue weighted by Gasteiger charge is 2.26. The van der Waals surface area contributed by atoms with E-state index in [9.17, 15) is 4.79 Å². The first-order valence-electron chi connectivity index (χ1n) is 7.29. The van der Waals surface area contributed by atoms with E-state index < -0.39 is 0 Å². The third-order valence-corrected chi connectivity index (χ3v) is 3.85. The van der Waals surface area contributed by atoms with Gasteiger partial charge in [-0.05, 0) is 38.3 Å². The molecule has 0 saturated carbocycles. The van der Waals surface area contributed by atoms with E-state index >= 15 is 0 Å². The maximum absolute atomic E-state index is 12.2. The number of nitrogens with one attached hydrogen (secondary N) is 1. The number of carbonyl (C=O) groups excluding carboxylic acids is 1. The fourth-order valence-corrected chi connectivity index (χ4v) is 2.80. The van der Waals surface area contributed by atoms with Gasteiger partial charge in [0.05, 0.1) is 0 Å². The molecular weight excluding hydrogens is 236 g/mol. The summed E-state index contributed by atoms with van der Waals surface area (Å²) in [6, 6.07) is 10.9. The van der Waals surface area contributed by atoms with E-state index in [2.05, 4.69) is 34.5 Å². The van der Waals surface area contributed by atoms with Crippen molar-refractivity contribution in [2.45, 2.75) is 38.1 Å². The van der Waals surface area contributed by atoms with Gasteiger partial charge in [0.15, 0.2) is 0 Å². The van der Waals surface area contributed by atoms with Crippen LogP contribution in [0.2, 0.25) is 0 Å². The van der Waals surface area contributed by atoms with Crippen molar-refractivity contribution in [2.75, 3.05) is 20.1 Å². The van der Waals surface area contributed by atoms with Crippen LogP contribution in [0.1, 0.15) is 31.2 Å². The number of piperidine rings is 1. The third-order valence-electron chi connectivity index (χ3n) is 3.85. The first-order valence-corrected chi connectivity index (χ1v) is 7.29. The van der Waals surface area contributed by atoms with Gasteiger partial charge in [0, 0.05) is 25.6 Å². The Hall–Kier alpha value is -1.35. The van der Waals surface area contributed by atoms with E-state index in [1.807, 2.05) is 13.1 Å². The maximum atomic E-state index is 12.2. The Labute approximate surface area is 116 Å². The number of nitrogens with zero attached hydrogens (tertiary/aromatic N) is 1. The highest BCUT2D eigenvalue weighted by molar-refractivity contribution is 5.76. The average molecular weight is 260 g/mol. The number of hydrogen-bond acceptors (Lipinski definition) is 2. The molecule has 104 valence electrons. The summed E-state index contributed by atoms with van der Waals surface area (Å²) in [5.74, 6) is 0.301. The molecular formula is C16H24N2O. The van der Waals surface area contributed by atoms with Crippen LogP contribution in [0.25, 0.3) is 0 Å². The Balaban J connectivity index is 1.97. The number of benzene rings is 1. The third kappa shape index (κ3) is 4.06. The molecule has 19 heavy (non-hydrogen) atoms. The number of carbonyl (C=O) groups is 1. The van der Waals surface area contributed by atoms with Crippen LogP contribution in [0.3, 0.4) is 0 Å². The van der Waals surface area contributed by atoms with E-state index in [1.165, 1.54) is 12.0 Å². The van der Waals surface area contributed by atoms with Gasteiger partial charge in [-0.3, -0.25) is 4.79 Å². The maximum Gasteiger partial charge on any atom is 0.224 e. The zero-order valence-electron chi connectivity index (χ0n) is 11.8. The van der Waals surface area contributed by atoms with E-state index in [1.54, 1.807) is 0 Å². The van der Waals surface area contributed by atoms with Gasteiger partial charge in [0.25, 0.3) is 0 Å². The number of rotatable bonds is 5. The molecule has 1 fully saturated rings. The topological polar surface area (TPSA) is 32.3 Å². The molecule has 3 heteroatoms. The Kier molecular flexibility index (Phi) is 5.40. The molecule has 1 aromatic rings. The summed E-state index contributed by atoms with van der Waals surface area (Å²) in [7, 11) is 1.89. The lowest BCUT2D eigenvalue weighted by Gasteiger charge is -2.36. The fraction of sp³-hybridized carbons (Fsp3) is 0.562. The van der Waals surface area contributed by atoms with E-state index in [4.69, 9.17) is 0 Å². The van der Waals surface area contributed by atoms with Crippen molar-refractivity contribution >= 4 is 5.91 Å². The number of amides is 1. The Morgan fingerprint density at radius 2 is 2.11 bits per heavy atom. The summed E-state index contributed by atoms with van der Waals surface area (Å²) in [6.07, 6.45) is 5.14.